The van der Waals surface area contributed by atoms with Crippen LogP contribution in [0.2, 0.25) is 0 Å². The van der Waals surface area contributed by atoms with Crippen molar-refractivity contribution in [2.45, 2.75) is 0 Å². The maximum absolute atomic E-state index is 5.17. The quantitative estimate of drug-likeness (QED) is 0.186. The minimum atomic E-state index is 0.629. The highest BCUT2D eigenvalue weighted by Gasteiger charge is 2.18. The van der Waals surface area contributed by atoms with Crippen molar-refractivity contribution >= 4 is 43.4 Å². The Bertz CT molecular complexity index is 2850. The third-order valence-electron chi connectivity index (χ3n) is 9.83. The molecule has 0 radical (unpaired) electrons. The van der Waals surface area contributed by atoms with E-state index in [1.54, 1.807) is 0 Å². The Balaban J connectivity index is 1.17. The van der Waals surface area contributed by atoms with Gasteiger partial charge < -0.3 is 4.57 Å². The normalized spacial score (nSPS) is 11.5. The summed E-state index contributed by atoms with van der Waals surface area (Å²) in [5.41, 5.74) is 8.57. The highest BCUT2D eigenvalue weighted by Crippen LogP contribution is 2.37. The van der Waals surface area contributed by atoms with Crippen LogP contribution in [0.15, 0.2) is 182 Å². The molecule has 0 atom stereocenters. The van der Waals surface area contributed by atoms with E-state index in [1.807, 2.05) is 18.2 Å². The molecule has 10 aromatic rings. The van der Waals surface area contributed by atoms with Crippen LogP contribution in [0.5, 0.6) is 0 Å². The van der Waals surface area contributed by atoms with Crippen molar-refractivity contribution in [3.63, 3.8) is 0 Å². The first kappa shape index (κ1) is 29.0. The second-order valence-electron chi connectivity index (χ2n) is 12.9. The molecule has 8 aromatic carbocycles. The third kappa shape index (κ3) is 4.96. The van der Waals surface area contributed by atoms with E-state index in [-0.39, 0.29) is 0 Å². The zero-order valence-electron chi connectivity index (χ0n) is 27.6. The molecule has 2 heterocycles. The van der Waals surface area contributed by atoms with Crippen molar-refractivity contribution in [1.82, 2.24) is 19.5 Å². The van der Waals surface area contributed by atoms with Gasteiger partial charge in [0.15, 0.2) is 17.5 Å². The molecule has 51 heavy (non-hydrogen) atoms. The lowest BCUT2D eigenvalue weighted by atomic mass is 9.97. The maximum atomic E-state index is 5.17. The van der Waals surface area contributed by atoms with Gasteiger partial charge in [0.1, 0.15) is 0 Å². The molecule has 238 valence electrons. The first-order valence-electron chi connectivity index (χ1n) is 17.2. The lowest BCUT2D eigenvalue weighted by Gasteiger charge is -2.15. The summed E-state index contributed by atoms with van der Waals surface area (Å²) in [4.78, 5) is 15.3. The molecule has 0 aliphatic rings. The van der Waals surface area contributed by atoms with Gasteiger partial charge in [-0.1, -0.05) is 158 Å². The van der Waals surface area contributed by atoms with Gasteiger partial charge in [-0.2, -0.15) is 0 Å². The summed E-state index contributed by atoms with van der Waals surface area (Å²) in [6.45, 7) is 0. The number of rotatable bonds is 5. The van der Waals surface area contributed by atoms with E-state index in [0.29, 0.717) is 17.5 Å². The molecular formula is C47H30N4. The average molecular weight is 651 g/mol. The van der Waals surface area contributed by atoms with Gasteiger partial charge in [-0.15, -0.1) is 0 Å². The molecule has 0 unspecified atom stereocenters. The monoisotopic (exact) mass is 650 g/mol. The first-order chi connectivity index (χ1) is 25.3. The Labute approximate surface area is 295 Å². The fraction of sp³-hybridized carbons (Fsp3) is 0. The minimum absolute atomic E-state index is 0.629. The van der Waals surface area contributed by atoms with Crippen molar-refractivity contribution in [3.8, 4) is 51.0 Å². The summed E-state index contributed by atoms with van der Waals surface area (Å²) in [7, 11) is 0. The van der Waals surface area contributed by atoms with Crippen LogP contribution in [-0.2, 0) is 0 Å². The summed E-state index contributed by atoms with van der Waals surface area (Å²) in [6, 6.07) is 64.0. The minimum Gasteiger partial charge on any atom is -0.309 e. The van der Waals surface area contributed by atoms with E-state index in [4.69, 9.17) is 15.0 Å². The molecule has 0 spiro atoms. The van der Waals surface area contributed by atoms with Crippen LogP contribution in [0.4, 0.5) is 0 Å². The molecule has 2 aromatic heterocycles. The number of aromatic nitrogens is 4. The van der Waals surface area contributed by atoms with Gasteiger partial charge >= 0.3 is 0 Å². The number of hydrogen-bond donors (Lipinski definition) is 0. The van der Waals surface area contributed by atoms with E-state index in [9.17, 15) is 0 Å². The second kappa shape index (κ2) is 11.9. The number of hydrogen-bond acceptors (Lipinski definition) is 3. The molecular weight excluding hydrogens is 621 g/mol. The van der Waals surface area contributed by atoms with Gasteiger partial charge in [-0.3, -0.25) is 0 Å². The van der Waals surface area contributed by atoms with Gasteiger partial charge in [0.05, 0.1) is 16.7 Å². The Morgan fingerprint density at radius 2 is 0.804 bits per heavy atom. The van der Waals surface area contributed by atoms with Gasteiger partial charge in [0.25, 0.3) is 0 Å². The summed E-state index contributed by atoms with van der Waals surface area (Å²) >= 11 is 0. The van der Waals surface area contributed by atoms with Crippen LogP contribution in [0.25, 0.3) is 94.3 Å². The summed E-state index contributed by atoms with van der Waals surface area (Å²) in [5.74, 6) is 1.90. The van der Waals surface area contributed by atoms with Crippen LogP contribution < -0.4 is 0 Å². The van der Waals surface area contributed by atoms with Crippen molar-refractivity contribution in [2.24, 2.45) is 0 Å². The SMILES string of the molecule is c1ccc(-c2nc(-c3ccc(-c4cccc5ccccc45)cc3)nc(-c3cc(-n4c5ccccc5c5ccccc54)c4ccccc4c3)n2)cc1. The Morgan fingerprint density at radius 3 is 1.49 bits per heavy atom. The van der Waals surface area contributed by atoms with Gasteiger partial charge in [-0.25, -0.2) is 15.0 Å². The van der Waals surface area contributed by atoms with Crippen LogP contribution in [0, 0.1) is 0 Å². The van der Waals surface area contributed by atoms with Gasteiger partial charge in [0, 0.05) is 32.8 Å². The standard InChI is InChI=1S/C47H30N4/c1-2-14-33(15-3-1)45-48-46(34-27-25-32(26-28-34)38-22-12-17-31-13-4-6-18-37(31)38)50-47(49-45)36-29-35-16-5-7-19-39(35)44(30-36)51-42-23-10-8-20-40(42)41-21-9-11-24-43(41)51/h1-30H. The lowest BCUT2D eigenvalue weighted by Crippen LogP contribution is -2.02. The predicted octanol–water partition coefficient (Wildman–Crippen LogP) is 11.9. The van der Waals surface area contributed by atoms with Crippen LogP contribution >= 0.6 is 0 Å². The summed E-state index contributed by atoms with van der Waals surface area (Å²) < 4.78 is 2.38. The van der Waals surface area contributed by atoms with E-state index in [2.05, 4.69) is 168 Å². The van der Waals surface area contributed by atoms with E-state index < -0.39 is 0 Å². The summed E-state index contributed by atoms with van der Waals surface area (Å²) in [5, 5.41) is 7.19. The molecule has 4 heteroatoms. The number of para-hydroxylation sites is 2. The molecule has 10 rings (SSSR count). The predicted molar refractivity (Wildman–Crippen MR) is 211 cm³/mol. The second-order valence-corrected chi connectivity index (χ2v) is 12.9. The fourth-order valence-electron chi connectivity index (χ4n) is 7.41. The Kier molecular flexibility index (Phi) is 6.78. The zero-order valence-corrected chi connectivity index (χ0v) is 27.6. The van der Waals surface area contributed by atoms with Crippen molar-refractivity contribution in [1.29, 1.82) is 0 Å². The zero-order chi connectivity index (χ0) is 33.7. The topological polar surface area (TPSA) is 43.6 Å². The Hall–Kier alpha value is -6.91. The highest BCUT2D eigenvalue weighted by molar-refractivity contribution is 6.11. The van der Waals surface area contributed by atoms with Gasteiger partial charge in [-0.05, 0) is 51.6 Å². The number of fused-ring (bicyclic) bond motifs is 5. The lowest BCUT2D eigenvalue weighted by molar-refractivity contribution is 1.07. The van der Waals surface area contributed by atoms with E-state index in [1.165, 1.54) is 27.1 Å². The molecule has 4 nitrogen and oxygen atoms in total. The number of benzene rings is 8. The molecule has 0 saturated heterocycles. The van der Waals surface area contributed by atoms with Gasteiger partial charge in [0.2, 0.25) is 0 Å². The van der Waals surface area contributed by atoms with Crippen molar-refractivity contribution in [3.05, 3.63) is 182 Å². The smallest absolute Gasteiger partial charge is 0.164 e. The highest BCUT2D eigenvalue weighted by atomic mass is 15.0. The van der Waals surface area contributed by atoms with Crippen molar-refractivity contribution < 1.29 is 0 Å². The van der Waals surface area contributed by atoms with Crippen LogP contribution in [0.1, 0.15) is 0 Å². The molecule has 0 aliphatic carbocycles. The molecule has 0 saturated carbocycles. The van der Waals surface area contributed by atoms with E-state index >= 15 is 0 Å². The van der Waals surface area contributed by atoms with Crippen LogP contribution in [0.3, 0.4) is 0 Å². The van der Waals surface area contributed by atoms with Crippen LogP contribution in [-0.4, -0.2) is 19.5 Å². The molecule has 0 amide bonds. The molecule has 0 bridgehead atoms. The largest absolute Gasteiger partial charge is 0.309 e. The number of nitrogens with zero attached hydrogens (tertiary/aromatic N) is 4. The van der Waals surface area contributed by atoms with E-state index in [0.717, 1.165) is 49.7 Å². The fourth-order valence-corrected chi connectivity index (χ4v) is 7.41. The Morgan fingerprint density at radius 1 is 0.314 bits per heavy atom. The average Bonchev–Trinajstić information content (AvgIpc) is 3.54. The van der Waals surface area contributed by atoms with Crippen molar-refractivity contribution in [2.75, 3.05) is 0 Å². The maximum Gasteiger partial charge on any atom is 0.164 e. The summed E-state index contributed by atoms with van der Waals surface area (Å²) in [6.07, 6.45) is 0. The molecule has 0 fully saturated rings. The third-order valence-corrected chi connectivity index (χ3v) is 9.83. The molecule has 0 N–H and O–H groups in total. The molecule has 0 aliphatic heterocycles. The first-order valence-corrected chi connectivity index (χ1v) is 17.2.